The second-order valence-corrected chi connectivity index (χ2v) is 3.96. The van der Waals surface area contributed by atoms with Crippen molar-refractivity contribution in [2.45, 2.75) is 39.0 Å². The van der Waals surface area contributed by atoms with Crippen molar-refractivity contribution in [2.75, 3.05) is 13.1 Å². The van der Waals surface area contributed by atoms with E-state index in [1.54, 1.807) is 4.90 Å². The topological polar surface area (TPSA) is 44.1 Å². The second-order valence-electron chi connectivity index (χ2n) is 3.96. The molecule has 1 aliphatic heterocycles. The number of carbonyl (C=O) groups excluding carboxylic acids is 1. The number of likely N-dealkylation sites (tertiary alicyclic amines) is 1. The molecule has 0 bridgehead atoms. The van der Waals surface area contributed by atoms with Crippen molar-refractivity contribution >= 4 is 5.91 Å². The van der Waals surface area contributed by atoms with Gasteiger partial charge < -0.3 is 4.90 Å². The van der Waals surface area contributed by atoms with Crippen molar-refractivity contribution in [1.29, 1.82) is 5.26 Å². The molecule has 0 radical (unpaired) electrons. The summed E-state index contributed by atoms with van der Waals surface area (Å²) in [4.78, 5) is 13.2. The van der Waals surface area contributed by atoms with Gasteiger partial charge in [0.05, 0.1) is 6.07 Å². The molecule has 1 fully saturated rings. The molecule has 3 heteroatoms. The Morgan fingerprint density at radius 2 is 2.36 bits per heavy atom. The Bertz CT molecular complexity index is 232. The van der Waals surface area contributed by atoms with Gasteiger partial charge in [0, 0.05) is 13.0 Å². The van der Waals surface area contributed by atoms with E-state index < -0.39 is 0 Å². The second kappa shape index (κ2) is 5.64. The summed E-state index contributed by atoms with van der Waals surface area (Å²) in [5, 5.41) is 8.55. The van der Waals surface area contributed by atoms with E-state index >= 15 is 0 Å². The Kier molecular flexibility index (Phi) is 4.45. The highest BCUT2D eigenvalue weighted by Crippen LogP contribution is 2.22. The SMILES string of the molecule is CCCC1CCC(=O)N(CC#N)CC1. The van der Waals surface area contributed by atoms with Crippen molar-refractivity contribution < 1.29 is 4.79 Å². The average Bonchev–Trinajstić information content (AvgIpc) is 2.34. The van der Waals surface area contributed by atoms with Crippen LogP contribution in [0.2, 0.25) is 0 Å². The van der Waals surface area contributed by atoms with Crippen LogP contribution in [0.3, 0.4) is 0 Å². The minimum atomic E-state index is 0.158. The lowest BCUT2D eigenvalue weighted by Crippen LogP contribution is -2.30. The van der Waals surface area contributed by atoms with Crippen molar-refractivity contribution in [3.8, 4) is 6.07 Å². The molecule has 1 amide bonds. The quantitative estimate of drug-likeness (QED) is 0.644. The molecular weight excluding hydrogens is 176 g/mol. The Morgan fingerprint density at radius 1 is 1.57 bits per heavy atom. The molecule has 1 unspecified atom stereocenters. The first-order valence-corrected chi connectivity index (χ1v) is 5.42. The van der Waals surface area contributed by atoms with Crippen molar-refractivity contribution in [1.82, 2.24) is 4.90 Å². The highest BCUT2D eigenvalue weighted by Gasteiger charge is 2.21. The van der Waals surface area contributed by atoms with Crippen LogP contribution in [0.5, 0.6) is 0 Å². The number of hydrogen-bond acceptors (Lipinski definition) is 2. The summed E-state index contributed by atoms with van der Waals surface area (Å²) in [6.07, 6.45) is 5.12. The van der Waals surface area contributed by atoms with Gasteiger partial charge in [0.2, 0.25) is 5.91 Å². The summed E-state index contributed by atoms with van der Waals surface area (Å²) in [5.41, 5.74) is 0. The van der Waals surface area contributed by atoms with Gasteiger partial charge in [-0.2, -0.15) is 5.26 Å². The molecule has 14 heavy (non-hydrogen) atoms. The number of amides is 1. The van der Waals surface area contributed by atoms with E-state index in [4.69, 9.17) is 5.26 Å². The zero-order valence-electron chi connectivity index (χ0n) is 8.83. The number of hydrogen-bond donors (Lipinski definition) is 0. The lowest BCUT2D eigenvalue weighted by molar-refractivity contribution is -0.130. The van der Waals surface area contributed by atoms with Crippen LogP contribution in [0.25, 0.3) is 0 Å². The maximum atomic E-state index is 11.5. The van der Waals surface area contributed by atoms with E-state index in [2.05, 4.69) is 6.92 Å². The Morgan fingerprint density at radius 3 is 3.00 bits per heavy atom. The molecule has 78 valence electrons. The molecule has 3 nitrogen and oxygen atoms in total. The van der Waals surface area contributed by atoms with Gasteiger partial charge in [-0.05, 0) is 18.8 Å². The lowest BCUT2D eigenvalue weighted by atomic mass is 9.96. The summed E-state index contributed by atoms with van der Waals surface area (Å²) >= 11 is 0. The van der Waals surface area contributed by atoms with Crippen LogP contribution in [-0.4, -0.2) is 23.9 Å². The lowest BCUT2D eigenvalue weighted by Gasteiger charge is -2.16. The van der Waals surface area contributed by atoms with E-state index in [1.807, 2.05) is 6.07 Å². The Balaban J connectivity index is 2.45. The zero-order chi connectivity index (χ0) is 10.4. The summed E-state index contributed by atoms with van der Waals surface area (Å²) in [6.45, 7) is 3.22. The molecule has 1 rings (SSSR count). The first-order valence-electron chi connectivity index (χ1n) is 5.42. The van der Waals surface area contributed by atoms with Crippen LogP contribution in [-0.2, 0) is 4.79 Å². The fourth-order valence-electron chi connectivity index (χ4n) is 2.04. The number of carbonyl (C=O) groups is 1. The molecule has 1 aliphatic rings. The first kappa shape index (κ1) is 11.0. The van der Waals surface area contributed by atoms with E-state index in [1.165, 1.54) is 12.8 Å². The van der Waals surface area contributed by atoms with Crippen LogP contribution >= 0.6 is 0 Å². The van der Waals surface area contributed by atoms with Gasteiger partial charge in [0.15, 0.2) is 0 Å². The Labute approximate surface area is 85.7 Å². The molecule has 1 heterocycles. The van der Waals surface area contributed by atoms with E-state index in [-0.39, 0.29) is 12.5 Å². The molecule has 0 spiro atoms. The van der Waals surface area contributed by atoms with E-state index in [0.717, 1.165) is 19.4 Å². The summed E-state index contributed by atoms with van der Waals surface area (Å²) < 4.78 is 0. The first-order chi connectivity index (χ1) is 6.77. The van der Waals surface area contributed by atoms with E-state index in [9.17, 15) is 4.79 Å². The standard InChI is InChI=1S/C11H18N2O/c1-2-3-10-4-5-11(14)13(8-6-10)9-7-12/h10H,2-6,8-9H2,1H3. The normalized spacial score (nSPS) is 23.0. The highest BCUT2D eigenvalue weighted by atomic mass is 16.2. The average molecular weight is 194 g/mol. The predicted molar refractivity (Wildman–Crippen MR) is 54.4 cm³/mol. The molecular formula is C11H18N2O. The maximum absolute atomic E-state index is 11.5. The number of nitrogens with zero attached hydrogens (tertiary/aromatic N) is 2. The van der Waals surface area contributed by atoms with Gasteiger partial charge in [-0.1, -0.05) is 19.8 Å². The fraction of sp³-hybridized carbons (Fsp3) is 0.818. The predicted octanol–water partition coefficient (Wildman–Crippen LogP) is 1.94. The van der Waals surface area contributed by atoms with Crippen LogP contribution in [0.15, 0.2) is 0 Å². The summed E-state index contributed by atoms with van der Waals surface area (Å²) in [7, 11) is 0. The van der Waals surface area contributed by atoms with Crippen LogP contribution in [0, 0.1) is 17.2 Å². The van der Waals surface area contributed by atoms with Crippen LogP contribution < -0.4 is 0 Å². The third kappa shape index (κ3) is 3.02. The summed E-state index contributed by atoms with van der Waals surface area (Å²) in [6, 6.07) is 2.05. The molecule has 0 aromatic carbocycles. The van der Waals surface area contributed by atoms with Crippen molar-refractivity contribution in [3.63, 3.8) is 0 Å². The van der Waals surface area contributed by atoms with Gasteiger partial charge in [-0.25, -0.2) is 0 Å². The number of rotatable bonds is 3. The molecule has 0 aliphatic carbocycles. The third-order valence-electron chi connectivity index (χ3n) is 2.88. The van der Waals surface area contributed by atoms with Crippen molar-refractivity contribution in [3.05, 3.63) is 0 Å². The van der Waals surface area contributed by atoms with E-state index in [0.29, 0.717) is 12.3 Å². The molecule has 0 aromatic heterocycles. The molecule has 0 saturated carbocycles. The fourth-order valence-corrected chi connectivity index (χ4v) is 2.04. The zero-order valence-corrected chi connectivity index (χ0v) is 8.83. The van der Waals surface area contributed by atoms with Gasteiger partial charge in [0.1, 0.15) is 6.54 Å². The maximum Gasteiger partial charge on any atom is 0.223 e. The largest absolute Gasteiger partial charge is 0.329 e. The highest BCUT2D eigenvalue weighted by molar-refractivity contribution is 5.76. The van der Waals surface area contributed by atoms with Crippen molar-refractivity contribution in [2.24, 2.45) is 5.92 Å². The molecule has 0 aromatic rings. The minimum Gasteiger partial charge on any atom is -0.329 e. The van der Waals surface area contributed by atoms with Crippen LogP contribution in [0.1, 0.15) is 39.0 Å². The Hall–Kier alpha value is -1.04. The third-order valence-corrected chi connectivity index (χ3v) is 2.88. The van der Waals surface area contributed by atoms with Gasteiger partial charge in [-0.3, -0.25) is 4.79 Å². The summed E-state index contributed by atoms with van der Waals surface area (Å²) in [5.74, 6) is 0.845. The molecule has 0 N–H and O–H groups in total. The number of nitriles is 1. The van der Waals surface area contributed by atoms with Gasteiger partial charge >= 0.3 is 0 Å². The monoisotopic (exact) mass is 194 g/mol. The molecule has 1 atom stereocenters. The van der Waals surface area contributed by atoms with Gasteiger partial charge in [-0.15, -0.1) is 0 Å². The smallest absolute Gasteiger partial charge is 0.223 e. The minimum absolute atomic E-state index is 0.158. The molecule has 1 saturated heterocycles. The van der Waals surface area contributed by atoms with Gasteiger partial charge in [0.25, 0.3) is 0 Å². The van der Waals surface area contributed by atoms with Crippen LogP contribution in [0.4, 0.5) is 0 Å².